The molecule has 0 amide bonds. The molecule has 0 aliphatic rings. The van der Waals surface area contributed by atoms with Gasteiger partial charge in [-0.05, 0) is 49.1 Å². The van der Waals surface area contributed by atoms with Crippen LogP contribution in [-0.4, -0.2) is 6.54 Å². The topological polar surface area (TPSA) is 25.2 Å². The summed E-state index contributed by atoms with van der Waals surface area (Å²) in [4.78, 5) is 0. The minimum atomic E-state index is 0.148. The van der Waals surface area contributed by atoms with Crippen LogP contribution in [0.4, 0.5) is 0 Å². The van der Waals surface area contributed by atoms with Gasteiger partial charge in [0.15, 0.2) is 0 Å². The molecule has 0 spiro atoms. The Kier molecular flexibility index (Phi) is 5.42. The molecule has 2 heteroatoms. The molecule has 2 aromatic rings. The molecule has 0 saturated carbocycles. The van der Waals surface area contributed by atoms with Gasteiger partial charge in [-0.3, -0.25) is 0 Å². The van der Waals surface area contributed by atoms with Crippen molar-refractivity contribution >= 4 is 0 Å². The molecular formula is C18H25NO. The van der Waals surface area contributed by atoms with Crippen LogP contribution in [0.2, 0.25) is 0 Å². The van der Waals surface area contributed by atoms with Gasteiger partial charge in [-0.15, -0.1) is 0 Å². The van der Waals surface area contributed by atoms with E-state index in [-0.39, 0.29) is 6.04 Å². The van der Waals surface area contributed by atoms with Crippen LogP contribution in [0.5, 0.6) is 0 Å². The monoisotopic (exact) mass is 271 g/mol. The van der Waals surface area contributed by atoms with Crippen LogP contribution < -0.4 is 5.32 Å². The van der Waals surface area contributed by atoms with Crippen molar-refractivity contribution in [3.8, 4) is 0 Å². The van der Waals surface area contributed by atoms with E-state index in [1.165, 1.54) is 36.0 Å². The number of furan rings is 1. The summed E-state index contributed by atoms with van der Waals surface area (Å²) in [6.45, 7) is 7.37. The van der Waals surface area contributed by atoms with Gasteiger partial charge in [-0.1, -0.05) is 44.5 Å². The molecule has 1 atom stereocenters. The van der Waals surface area contributed by atoms with E-state index in [4.69, 9.17) is 4.42 Å². The Morgan fingerprint density at radius 3 is 2.40 bits per heavy atom. The number of nitrogens with one attached hydrogen (secondary N) is 1. The molecule has 1 N–H and O–H groups in total. The maximum Gasteiger partial charge on any atom is 0.128 e. The van der Waals surface area contributed by atoms with E-state index in [1.54, 1.807) is 6.26 Å². The van der Waals surface area contributed by atoms with Gasteiger partial charge in [0.25, 0.3) is 0 Å². The van der Waals surface area contributed by atoms with E-state index in [0.717, 1.165) is 12.3 Å². The third kappa shape index (κ3) is 3.51. The Balaban J connectivity index is 2.19. The average Bonchev–Trinajstić information content (AvgIpc) is 2.89. The lowest BCUT2D eigenvalue weighted by atomic mass is 9.99. The van der Waals surface area contributed by atoms with Crippen LogP contribution >= 0.6 is 0 Å². The van der Waals surface area contributed by atoms with Crippen LogP contribution in [0, 0.1) is 6.92 Å². The summed E-state index contributed by atoms with van der Waals surface area (Å²) in [7, 11) is 0. The van der Waals surface area contributed by atoms with Crippen molar-refractivity contribution in [2.24, 2.45) is 0 Å². The number of hydrogen-bond acceptors (Lipinski definition) is 2. The lowest BCUT2D eigenvalue weighted by Gasteiger charge is -2.17. The Bertz CT molecular complexity index is 512. The first-order chi connectivity index (χ1) is 9.76. The largest absolute Gasteiger partial charge is 0.467 e. The predicted molar refractivity (Wildman–Crippen MR) is 84.0 cm³/mol. The Hall–Kier alpha value is -1.54. The summed E-state index contributed by atoms with van der Waals surface area (Å²) in [6, 6.07) is 11.1. The van der Waals surface area contributed by atoms with Crippen LogP contribution in [0.1, 0.15) is 55.2 Å². The molecule has 1 unspecified atom stereocenters. The van der Waals surface area contributed by atoms with E-state index < -0.39 is 0 Å². The van der Waals surface area contributed by atoms with Gasteiger partial charge in [0.05, 0.1) is 12.3 Å². The summed E-state index contributed by atoms with van der Waals surface area (Å²) in [5, 5.41) is 3.51. The first-order valence-corrected chi connectivity index (χ1v) is 7.62. The van der Waals surface area contributed by atoms with Crippen molar-refractivity contribution in [3.05, 3.63) is 59.0 Å². The average molecular weight is 271 g/mol. The fraction of sp³-hybridized carbons (Fsp3) is 0.444. The second-order valence-corrected chi connectivity index (χ2v) is 5.30. The maximum atomic E-state index is 5.67. The van der Waals surface area contributed by atoms with E-state index >= 15 is 0 Å². The second kappa shape index (κ2) is 7.30. The van der Waals surface area contributed by atoms with Crippen LogP contribution in [-0.2, 0) is 6.42 Å². The van der Waals surface area contributed by atoms with E-state index in [2.05, 4.69) is 50.4 Å². The van der Waals surface area contributed by atoms with E-state index in [9.17, 15) is 0 Å². The molecular weight excluding hydrogens is 246 g/mol. The van der Waals surface area contributed by atoms with Gasteiger partial charge in [0, 0.05) is 0 Å². The fourth-order valence-corrected chi connectivity index (χ4v) is 2.50. The van der Waals surface area contributed by atoms with Crippen molar-refractivity contribution in [3.63, 3.8) is 0 Å². The second-order valence-electron chi connectivity index (χ2n) is 5.30. The lowest BCUT2D eigenvalue weighted by Crippen LogP contribution is -2.22. The molecule has 0 saturated heterocycles. The van der Waals surface area contributed by atoms with Crippen molar-refractivity contribution < 1.29 is 4.42 Å². The van der Waals surface area contributed by atoms with E-state index in [0.29, 0.717) is 0 Å². The van der Waals surface area contributed by atoms with Crippen molar-refractivity contribution in [2.75, 3.05) is 6.54 Å². The molecule has 1 aromatic carbocycles. The highest BCUT2D eigenvalue weighted by Gasteiger charge is 2.18. The molecule has 0 radical (unpaired) electrons. The summed E-state index contributed by atoms with van der Waals surface area (Å²) in [6.07, 6.45) is 5.44. The molecule has 0 bridgehead atoms. The lowest BCUT2D eigenvalue weighted by molar-refractivity contribution is 0.449. The Morgan fingerprint density at radius 1 is 1.10 bits per heavy atom. The Morgan fingerprint density at radius 2 is 1.85 bits per heavy atom. The first kappa shape index (κ1) is 14.9. The third-order valence-electron chi connectivity index (χ3n) is 3.70. The highest BCUT2D eigenvalue weighted by molar-refractivity contribution is 5.32. The van der Waals surface area contributed by atoms with Gasteiger partial charge in [0.1, 0.15) is 5.76 Å². The van der Waals surface area contributed by atoms with Gasteiger partial charge in [-0.25, -0.2) is 0 Å². The summed E-state index contributed by atoms with van der Waals surface area (Å²) >= 11 is 0. The number of benzene rings is 1. The molecule has 0 fully saturated rings. The summed E-state index contributed by atoms with van der Waals surface area (Å²) < 4.78 is 5.67. The van der Waals surface area contributed by atoms with Gasteiger partial charge >= 0.3 is 0 Å². The van der Waals surface area contributed by atoms with Crippen molar-refractivity contribution in [1.82, 2.24) is 5.32 Å². The van der Waals surface area contributed by atoms with Crippen LogP contribution in [0.15, 0.2) is 41.0 Å². The molecule has 1 heterocycles. The van der Waals surface area contributed by atoms with Crippen molar-refractivity contribution in [1.29, 1.82) is 0 Å². The quantitative estimate of drug-likeness (QED) is 0.794. The van der Waals surface area contributed by atoms with Crippen LogP contribution in [0.3, 0.4) is 0 Å². The number of unbranched alkanes of at least 4 members (excludes halogenated alkanes) is 1. The predicted octanol–water partition coefficient (Wildman–Crippen LogP) is 4.63. The molecule has 108 valence electrons. The van der Waals surface area contributed by atoms with Crippen molar-refractivity contribution in [2.45, 2.75) is 46.1 Å². The number of rotatable bonds is 7. The van der Waals surface area contributed by atoms with Crippen LogP contribution in [0.25, 0.3) is 0 Å². The molecule has 2 nitrogen and oxygen atoms in total. The van der Waals surface area contributed by atoms with Gasteiger partial charge in [-0.2, -0.15) is 0 Å². The highest BCUT2D eigenvalue weighted by atomic mass is 16.3. The zero-order valence-corrected chi connectivity index (χ0v) is 12.8. The minimum absolute atomic E-state index is 0.148. The normalized spacial score (nSPS) is 12.6. The molecule has 0 aliphatic carbocycles. The SMILES string of the molecule is CCCCc1ccc(C(NCC)c2occc2C)cc1. The number of aryl methyl sites for hydroxylation is 2. The maximum absolute atomic E-state index is 5.67. The number of hydrogen-bond donors (Lipinski definition) is 1. The van der Waals surface area contributed by atoms with Gasteiger partial charge in [0.2, 0.25) is 0 Å². The standard InChI is InChI=1S/C18H25NO/c1-4-6-7-15-8-10-16(11-9-15)17(19-5-2)18-14(3)12-13-20-18/h8-13,17,19H,4-7H2,1-3H3. The van der Waals surface area contributed by atoms with E-state index in [1.807, 2.05) is 6.07 Å². The molecule has 0 aliphatic heterocycles. The Labute approximate surface area is 122 Å². The highest BCUT2D eigenvalue weighted by Crippen LogP contribution is 2.26. The summed E-state index contributed by atoms with van der Waals surface area (Å²) in [5.41, 5.74) is 3.89. The third-order valence-corrected chi connectivity index (χ3v) is 3.70. The first-order valence-electron chi connectivity index (χ1n) is 7.62. The molecule has 20 heavy (non-hydrogen) atoms. The molecule has 2 rings (SSSR count). The fourth-order valence-electron chi connectivity index (χ4n) is 2.50. The smallest absolute Gasteiger partial charge is 0.128 e. The molecule has 1 aromatic heterocycles. The van der Waals surface area contributed by atoms with Gasteiger partial charge < -0.3 is 9.73 Å². The summed E-state index contributed by atoms with van der Waals surface area (Å²) in [5.74, 6) is 1.02. The zero-order chi connectivity index (χ0) is 14.4. The zero-order valence-electron chi connectivity index (χ0n) is 12.8. The minimum Gasteiger partial charge on any atom is -0.467 e.